The Hall–Kier alpha value is -2.63. The van der Waals surface area contributed by atoms with Crippen molar-refractivity contribution in [3.05, 3.63) is 47.2 Å². The predicted octanol–water partition coefficient (Wildman–Crippen LogP) is 3.26. The number of amides is 1. The summed E-state index contributed by atoms with van der Waals surface area (Å²) in [5.74, 6) is 2.51. The van der Waals surface area contributed by atoms with Crippen LogP contribution >= 0.6 is 0 Å². The molecule has 3 heterocycles. The van der Waals surface area contributed by atoms with Crippen molar-refractivity contribution >= 4 is 16.8 Å². The molecule has 1 amide bonds. The van der Waals surface area contributed by atoms with Gasteiger partial charge in [0.15, 0.2) is 0 Å². The van der Waals surface area contributed by atoms with E-state index < -0.39 is 0 Å². The quantitative estimate of drug-likeness (QED) is 0.729. The number of carbonyl (C=O) groups is 1. The van der Waals surface area contributed by atoms with Crippen molar-refractivity contribution in [2.45, 2.75) is 65.0 Å². The lowest BCUT2D eigenvalue weighted by atomic mass is 10.0. The molecule has 0 spiro atoms. The van der Waals surface area contributed by atoms with Gasteiger partial charge < -0.3 is 14.9 Å². The van der Waals surface area contributed by atoms with Crippen LogP contribution in [0.15, 0.2) is 24.4 Å². The summed E-state index contributed by atoms with van der Waals surface area (Å²) in [4.78, 5) is 15.9. The Morgan fingerprint density at radius 3 is 3.04 bits per heavy atom. The Morgan fingerprint density at radius 1 is 1.37 bits per heavy atom. The first-order valence-electron chi connectivity index (χ1n) is 9.80. The molecule has 0 aliphatic carbocycles. The Morgan fingerprint density at radius 2 is 2.22 bits per heavy atom. The summed E-state index contributed by atoms with van der Waals surface area (Å²) in [6, 6.07) is 6.45. The van der Waals surface area contributed by atoms with Crippen molar-refractivity contribution < 1.29 is 4.79 Å². The summed E-state index contributed by atoms with van der Waals surface area (Å²) in [6.45, 7) is 7.13. The van der Waals surface area contributed by atoms with E-state index in [2.05, 4.69) is 64.0 Å². The molecule has 2 aromatic heterocycles. The third-order valence-corrected chi connectivity index (χ3v) is 5.49. The summed E-state index contributed by atoms with van der Waals surface area (Å²) in [6.07, 6.45) is 5.07. The highest BCUT2D eigenvalue weighted by molar-refractivity contribution is 5.86. The molecule has 0 saturated heterocycles. The number of H-pyrrole nitrogens is 1. The minimum absolute atomic E-state index is 0.115. The van der Waals surface area contributed by atoms with Gasteiger partial charge in [-0.15, -0.1) is 10.2 Å². The average molecular weight is 365 g/mol. The Kier molecular flexibility index (Phi) is 4.72. The first kappa shape index (κ1) is 17.8. The molecule has 1 unspecified atom stereocenters. The number of hydrogen-bond donors (Lipinski definition) is 2. The minimum Gasteiger partial charge on any atom is -0.361 e. The summed E-state index contributed by atoms with van der Waals surface area (Å²) in [5, 5.41) is 13.0. The SMILES string of the molecule is Cc1cccc2c(CCC(=O)NC3CCc4nnc(C(C)C)n4C3)c[nH]c12. The maximum Gasteiger partial charge on any atom is 0.220 e. The summed E-state index contributed by atoms with van der Waals surface area (Å²) >= 11 is 0. The van der Waals surface area contributed by atoms with Crippen molar-refractivity contribution in [2.24, 2.45) is 0 Å². The van der Waals surface area contributed by atoms with E-state index in [1.807, 2.05) is 6.20 Å². The van der Waals surface area contributed by atoms with Gasteiger partial charge in [0.1, 0.15) is 11.6 Å². The Labute approximate surface area is 159 Å². The van der Waals surface area contributed by atoms with Crippen LogP contribution in [0.3, 0.4) is 0 Å². The number of hydrogen-bond acceptors (Lipinski definition) is 3. The number of aryl methyl sites for hydroxylation is 3. The van der Waals surface area contributed by atoms with Gasteiger partial charge in [-0.3, -0.25) is 4.79 Å². The molecule has 2 N–H and O–H groups in total. The van der Waals surface area contributed by atoms with Crippen LogP contribution < -0.4 is 5.32 Å². The van der Waals surface area contributed by atoms with Crippen LogP contribution in [0.25, 0.3) is 10.9 Å². The van der Waals surface area contributed by atoms with Crippen LogP contribution in [0, 0.1) is 6.92 Å². The normalized spacial score (nSPS) is 16.7. The van der Waals surface area contributed by atoms with Gasteiger partial charge in [-0.2, -0.15) is 0 Å². The van der Waals surface area contributed by atoms with Crippen molar-refractivity contribution in [3.8, 4) is 0 Å². The third kappa shape index (κ3) is 3.48. The van der Waals surface area contributed by atoms with Crippen LogP contribution in [0.4, 0.5) is 0 Å². The highest BCUT2D eigenvalue weighted by Gasteiger charge is 2.25. The number of aromatic amines is 1. The van der Waals surface area contributed by atoms with Crippen molar-refractivity contribution in [3.63, 3.8) is 0 Å². The van der Waals surface area contributed by atoms with E-state index in [0.717, 1.165) is 37.5 Å². The lowest BCUT2D eigenvalue weighted by Crippen LogP contribution is -2.41. The van der Waals surface area contributed by atoms with Gasteiger partial charge in [0.05, 0.1) is 0 Å². The number of nitrogens with one attached hydrogen (secondary N) is 2. The fourth-order valence-corrected chi connectivity index (χ4v) is 4.01. The number of carbonyl (C=O) groups excluding carboxylic acids is 1. The molecular weight excluding hydrogens is 338 g/mol. The highest BCUT2D eigenvalue weighted by Crippen LogP contribution is 2.23. The standard InChI is InChI=1S/C21H27N5O/c1-13(2)21-25-24-18-9-8-16(12-26(18)21)23-19(27)10-7-15-11-22-20-14(3)5-4-6-17(15)20/h4-6,11,13,16,22H,7-10,12H2,1-3H3,(H,23,27). The minimum atomic E-state index is 0.115. The maximum atomic E-state index is 12.5. The number of aromatic nitrogens is 4. The van der Waals surface area contributed by atoms with E-state index >= 15 is 0 Å². The number of nitrogens with zero attached hydrogens (tertiary/aromatic N) is 3. The zero-order valence-electron chi connectivity index (χ0n) is 16.2. The molecular formula is C21H27N5O. The fourth-order valence-electron chi connectivity index (χ4n) is 4.01. The molecule has 6 heteroatoms. The molecule has 1 aromatic carbocycles. The lowest BCUT2D eigenvalue weighted by molar-refractivity contribution is -0.122. The van der Waals surface area contributed by atoms with Gasteiger partial charge in [-0.25, -0.2) is 0 Å². The van der Waals surface area contributed by atoms with E-state index in [4.69, 9.17) is 0 Å². The molecule has 4 rings (SSSR count). The first-order chi connectivity index (χ1) is 13.0. The summed E-state index contributed by atoms with van der Waals surface area (Å²) in [7, 11) is 0. The van der Waals surface area contributed by atoms with Crippen LogP contribution in [0.1, 0.15) is 55.4 Å². The van der Waals surface area contributed by atoms with Crippen LogP contribution in [0.2, 0.25) is 0 Å². The van der Waals surface area contributed by atoms with E-state index in [-0.39, 0.29) is 11.9 Å². The number of fused-ring (bicyclic) bond motifs is 2. The van der Waals surface area contributed by atoms with Gasteiger partial charge >= 0.3 is 0 Å². The predicted molar refractivity (Wildman–Crippen MR) is 106 cm³/mol. The van der Waals surface area contributed by atoms with Crippen LogP contribution in [-0.4, -0.2) is 31.7 Å². The molecule has 0 radical (unpaired) electrons. The average Bonchev–Trinajstić information content (AvgIpc) is 3.24. The van der Waals surface area contributed by atoms with Crippen molar-refractivity contribution in [1.82, 2.24) is 25.1 Å². The topological polar surface area (TPSA) is 75.6 Å². The second-order valence-electron chi connectivity index (χ2n) is 7.85. The van der Waals surface area contributed by atoms with Gasteiger partial charge in [0.2, 0.25) is 5.91 Å². The second-order valence-corrected chi connectivity index (χ2v) is 7.85. The van der Waals surface area contributed by atoms with E-state index in [9.17, 15) is 4.79 Å². The monoisotopic (exact) mass is 365 g/mol. The lowest BCUT2D eigenvalue weighted by Gasteiger charge is -2.26. The van der Waals surface area contributed by atoms with Gasteiger partial charge in [0.25, 0.3) is 0 Å². The molecule has 1 aliphatic rings. The zero-order chi connectivity index (χ0) is 19.0. The Bertz CT molecular complexity index is 968. The zero-order valence-corrected chi connectivity index (χ0v) is 16.2. The molecule has 0 saturated carbocycles. The van der Waals surface area contributed by atoms with E-state index in [1.54, 1.807) is 0 Å². The Balaban J connectivity index is 1.37. The highest BCUT2D eigenvalue weighted by atomic mass is 16.1. The largest absolute Gasteiger partial charge is 0.361 e. The molecule has 27 heavy (non-hydrogen) atoms. The van der Waals surface area contributed by atoms with Gasteiger partial charge in [-0.05, 0) is 30.9 Å². The number of benzene rings is 1. The number of rotatable bonds is 5. The van der Waals surface area contributed by atoms with Crippen molar-refractivity contribution in [2.75, 3.05) is 0 Å². The van der Waals surface area contributed by atoms with E-state index in [1.165, 1.54) is 22.0 Å². The first-order valence-corrected chi connectivity index (χ1v) is 9.80. The number of para-hydroxylation sites is 1. The molecule has 142 valence electrons. The fraction of sp³-hybridized carbons (Fsp3) is 0.476. The summed E-state index contributed by atoms with van der Waals surface area (Å²) < 4.78 is 2.18. The van der Waals surface area contributed by atoms with E-state index in [0.29, 0.717) is 12.3 Å². The summed E-state index contributed by atoms with van der Waals surface area (Å²) in [5.41, 5.74) is 3.60. The van der Waals surface area contributed by atoms with Crippen LogP contribution in [-0.2, 0) is 24.2 Å². The van der Waals surface area contributed by atoms with Crippen LogP contribution in [0.5, 0.6) is 0 Å². The second kappa shape index (κ2) is 7.18. The molecule has 1 aliphatic heterocycles. The molecule has 3 aromatic rings. The third-order valence-electron chi connectivity index (χ3n) is 5.49. The van der Waals surface area contributed by atoms with Crippen molar-refractivity contribution in [1.29, 1.82) is 0 Å². The van der Waals surface area contributed by atoms with Gasteiger partial charge in [0, 0.05) is 48.4 Å². The smallest absolute Gasteiger partial charge is 0.220 e. The van der Waals surface area contributed by atoms with Gasteiger partial charge in [-0.1, -0.05) is 32.0 Å². The molecule has 1 atom stereocenters. The molecule has 6 nitrogen and oxygen atoms in total. The maximum absolute atomic E-state index is 12.5. The molecule has 0 fully saturated rings. The molecule has 0 bridgehead atoms.